The summed E-state index contributed by atoms with van der Waals surface area (Å²) in [6.07, 6.45) is 3.80. The molecule has 2 amide bonds. The fraction of sp³-hybridized carbons (Fsp3) is 0.217. The van der Waals surface area contributed by atoms with Crippen LogP contribution in [0.15, 0.2) is 64.2 Å². The highest BCUT2D eigenvalue weighted by Gasteiger charge is 2.28. The molecule has 3 aromatic rings. The number of aryl methyl sites for hydroxylation is 1. The van der Waals surface area contributed by atoms with E-state index in [2.05, 4.69) is 20.8 Å². The normalized spacial score (nSPS) is 14.0. The van der Waals surface area contributed by atoms with Crippen LogP contribution < -0.4 is 15.5 Å². The number of rotatable bonds is 6. The number of amides is 2. The zero-order valence-electron chi connectivity index (χ0n) is 17.1. The van der Waals surface area contributed by atoms with E-state index in [4.69, 9.17) is 9.15 Å². The van der Waals surface area contributed by atoms with E-state index in [1.165, 1.54) is 0 Å². The first-order chi connectivity index (χ1) is 15.1. The SMILES string of the molecule is Cc1c(C(=O)Nc2ccccn2)oc2c1/C(=N/NC(=O)COc1ccccc1)CCC2. The van der Waals surface area contributed by atoms with Gasteiger partial charge in [0.25, 0.3) is 11.8 Å². The van der Waals surface area contributed by atoms with Gasteiger partial charge in [0, 0.05) is 23.7 Å². The van der Waals surface area contributed by atoms with Crippen LogP contribution in [-0.4, -0.2) is 29.1 Å². The van der Waals surface area contributed by atoms with Crippen LogP contribution in [-0.2, 0) is 11.2 Å². The number of pyridine rings is 1. The molecular weight excluding hydrogens is 396 g/mol. The molecule has 0 saturated carbocycles. The number of ether oxygens (including phenoxy) is 1. The number of aromatic nitrogens is 1. The molecule has 158 valence electrons. The van der Waals surface area contributed by atoms with Crippen molar-refractivity contribution in [3.8, 4) is 5.75 Å². The lowest BCUT2D eigenvalue weighted by molar-refractivity contribution is -0.123. The molecule has 8 nitrogen and oxygen atoms in total. The first-order valence-corrected chi connectivity index (χ1v) is 10.00. The summed E-state index contributed by atoms with van der Waals surface area (Å²) in [6.45, 7) is 1.67. The minimum Gasteiger partial charge on any atom is -0.484 e. The van der Waals surface area contributed by atoms with Crippen molar-refractivity contribution in [3.05, 3.63) is 77.4 Å². The molecule has 2 heterocycles. The van der Waals surface area contributed by atoms with E-state index in [0.29, 0.717) is 41.4 Å². The van der Waals surface area contributed by atoms with Crippen LogP contribution in [0.5, 0.6) is 5.75 Å². The highest BCUT2D eigenvalue weighted by Crippen LogP contribution is 2.30. The minimum atomic E-state index is -0.370. The first-order valence-electron chi connectivity index (χ1n) is 10.00. The van der Waals surface area contributed by atoms with Crippen LogP contribution in [0, 0.1) is 6.92 Å². The van der Waals surface area contributed by atoms with E-state index in [9.17, 15) is 9.59 Å². The maximum absolute atomic E-state index is 12.7. The van der Waals surface area contributed by atoms with Crippen LogP contribution in [0.1, 0.15) is 40.3 Å². The number of carbonyl (C=O) groups excluding carboxylic acids is 2. The summed E-state index contributed by atoms with van der Waals surface area (Å²) in [5.41, 5.74) is 4.70. The Morgan fingerprint density at radius 2 is 1.94 bits per heavy atom. The van der Waals surface area contributed by atoms with Gasteiger partial charge in [0.2, 0.25) is 0 Å². The summed E-state index contributed by atoms with van der Waals surface area (Å²) >= 11 is 0. The summed E-state index contributed by atoms with van der Waals surface area (Å²) in [6, 6.07) is 14.4. The summed E-state index contributed by atoms with van der Waals surface area (Å²) in [7, 11) is 0. The summed E-state index contributed by atoms with van der Waals surface area (Å²) in [5.74, 6) is 1.25. The summed E-state index contributed by atoms with van der Waals surface area (Å²) < 4.78 is 11.3. The molecule has 0 fully saturated rings. The van der Waals surface area contributed by atoms with E-state index in [-0.39, 0.29) is 24.2 Å². The molecule has 1 aromatic carbocycles. The zero-order valence-corrected chi connectivity index (χ0v) is 17.1. The molecule has 8 heteroatoms. The third-order valence-electron chi connectivity index (χ3n) is 4.87. The Balaban J connectivity index is 1.46. The van der Waals surface area contributed by atoms with Crippen molar-refractivity contribution in [3.63, 3.8) is 0 Å². The quantitative estimate of drug-likeness (QED) is 0.596. The second-order valence-electron chi connectivity index (χ2n) is 7.07. The predicted molar refractivity (Wildman–Crippen MR) is 115 cm³/mol. The van der Waals surface area contributed by atoms with Gasteiger partial charge < -0.3 is 14.5 Å². The Bertz CT molecular complexity index is 1110. The van der Waals surface area contributed by atoms with Crippen LogP contribution >= 0.6 is 0 Å². The minimum absolute atomic E-state index is 0.143. The van der Waals surface area contributed by atoms with E-state index in [1.54, 1.807) is 36.5 Å². The van der Waals surface area contributed by atoms with E-state index < -0.39 is 0 Å². The molecule has 0 bridgehead atoms. The van der Waals surface area contributed by atoms with Crippen molar-refractivity contribution in [2.24, 2.45) is 5.10 Å². The molecule has 0 aliphatic heterocycles. The van der Waals surface area contributed by atoms with Gasteiger partial charge in [-0.2, -0.15) is 5.10 Å². The van der Waals surface area contributed by atoms with Crippen molar-refractivity contribution in [2.75, 3.05) is 11.9 Å². The lowest BCUT2D eigenvalue weighted by atomic mass is 9.93. The van der Waals surface area contributed by atoms with Crippen molar-refractivity contribution >= 4 is 23.3 Å². The number of nitrogens with zero attached hydrogens (tertiary/aromatic N) is 2. The van der Waals surface area contributed by atoms with Crippen molar-refractivity contribution in [1.82, 2.24) is 10.4 Å². The van der Waals surface area contributed by atoms with Crippen LogP contribution in [0.4, 0.5) is 5.82 Å². The second kappa shape index (κ2) is 9.25. The first kappa shape index (κ1) is 20.3. The van der Waals surface area contributed by atoms with Crippen molar-refractivity contribution < 1.29 is 18.7 Å². The molecule has 0 unspecified atom stereocenters. The topological polar surface area (TPSA) is 106 Å². The van der Waals surface area contributed by atoms with Crippen LogP contribution in [0.3, 0.4) is 0 Å². The maximum Gasteiger partial charge on any atom is 0.292 e. The highest BCUT2D eigenvalue weighted by molar-refractivity contribution is 6.09. The number of fused-ring (bicyclic) bond motifs is 1. The van der Waals surface area contributed by atoms with E-state index >= 15 is 0 Å². The zero-order chi connectivity index (χ0) is 21.6. The average Bonchev–Trinajstić information content (AvgIpc) is 3.15. The van der Waals surface area contributed by atoms with Crippen molar-refractivity contribution in [2.45, 2.75) is 26.2 Å². The molecule has 2 N–H and O–H groups in total. The number of para-hydroxylation sites is 1. The van der Waals surface area contributed by atoms with Gasteiger partial charge in [0.05, 0.1) is 5.71 Å². The number of hydrogen-bond acceptors (Lipinski definition) is 6. The molecule has 4 rings (SSSR count). The number of anilines is 1. The molecule has 0 atom stereocenters. The van der Waals surface area contributed by atoms with Gasteiger partial charge in [-0.15, -0.1) is 0 Å². The number of benzene rings is 1. The molecule has 0 saturated heterocycles. The second-order valence-corrected chi connectivity index (χ2v) is 7.07. The van der Waals surface area contributed by atoms with Crippen molar-refractivity contribution in [1.29, 1.82) is 0 Å². The van der Waals surface area contributed by atoms with Gasteiger partial charge in [-0.05, 0) is 44.0 Å². The van der Waals surface area contributed by atoms with Gasteiger partial charge in [0.1, 0.15) is 17.3 Å². The number of hydrazone groups is 1. The molecule has 0 radical (unpaired) electrons. The van der Waals surface area contributed by atoms with Gasteiger partial charge in [-0.25, -0.2) is 10.4 Å². The third kappa shape index (κ3) is 4.80. The largest absolute Gasteiger partial charge is 0.484 e. The monoisotopic (exact) mass is 418 g/mol. The Kier molecular flexibility index (Phi) is 6.07. The number of nitrogens with one attached hydrogen (secondary N) is 2. The van der Waals surface area contributed by atoms with Gasteiger partial charge in [-0.1, -0.05) is 24.3 Å². The Morgan fingerprint density at radius 1 is 1.13 bits per heavy atom. The van der Waals surface area contributed by atoms with Crippen LogP contribution in [0.2, 0.25) is 0 Å². The predicted octanol–water partition coefficient (Wildman–Crippen LogP) is 3.47. The smallest absolute Gasteiger partial charge is 0.292 e. The fourth-order valence-corrected chi connectivity index (χ4v) is 3.43. The maximum atomic E-state index is 12.7. The Morgan fingerprint density at radius 3 is 2.71 bits per heavy atom. The highest BCUT2D eigenvalue weighted by atomic mass is 16.5. The molecule has 31 heavy (non-hydrogen) atoms. The summed E-state index contributed by atoms with van der Waals surface area (Å²) in [4.78, 5) is 28.9. The standard InChI is InChI=1S/C23H22N4O4/c1-15-21-17(26-27-20(28)14-30-16-8-3-2-4-9-16)10-7-11-18(21)31-22(15)23(29)25-19-12-5-6-13-24-19/h2-6,8-9,12-13H,7,10-11,14H2,1H3,(H,27,28)(H,24,25,29)/b26-17+. The summed E-state index contributed by atoms with van der Waals surface area (Å²) in [5, 5.41) is 7.02. The van der Waals surface area contributed by atoms with E-state index in [1.807, 2.05) is 25.1 Å². The number of carbonyl (C=O) groups is 2. The molecule has 1 aliphatic rings. The van der Waals surface area contributed by atoms with Crippen LogP contribution in [0.25, 0.3) is 0 Å². The molecule has 1 aliphatic carbocycles. The number of hydrogen-bond donors (Lipinski definition) is 2. The van der Waals surface area contributed by atoms with Gasteiger partial charge >= 0.3 is 0 Å². The van der Waals surface area contributed by atoms with Gasteiger partial charge in [0.15, 0.2) is 12.4 Å². The number of furan rings is 1. The molecule has 0 spiro atoms. The Labute approximate surface area is 179 Å². The lowest BCUT2D eigenvalue weighted by Crippen LogP contribution is -2.27. The van der Waals surface area contributed by atoms with Gasteiger partial charge in [-0.3, -0.25) is 9.59 Å². The molecular formula is C23H22N4O4. The third-order valence-corrected chi connectivity index (χ3v) is 4.87. The lowest BCUT2D eigenvalue weighted by Gasteiger charge is -2.13. The molecule has 2 aromatic heterocycles. The van der Waals surface area contributed by atoms with E-state index in [0.717, 1.165) is 12.0 Å². The Hall–Kier alpha value is -3.94. The fourth-order valence-electron chi connectivity index (χ4n) is 3.43. The average molecular weight is 418 g/mol.